The van der Waals surface area contributed by atoms with Crippen molar-refractivity contribution in [2.45, 2.75) is 58.1 Å². The smallest absolute Gasteiger partial charge is 0.320 e. The zero-order valence-corrected chi connectivity index (χ0v) is 22.9. The molecule has 0 spiro atoms. The number of esters is 2. The van der Waals surface area contributed by atoms with Crippen molar-refractivity contribution in [1.82, 2.24) is 10.2 Å². The van der Waals surface area contributed by atoms with E-state index in [1.54, 1.807) is 0 Å². The molecule has 1 fully saturated rings. The Bertz CT molecular complexity index is 743. The molecule has 0 saturated heterocycles. The summed E-state index contributed by atoms with van der Waals surface area (Å²) in [6, 6.07) is 8.99. The Morgan fingerprint density at radius 2 is 1.73 bits per heavy atom. The Kier molecular flexibility index (Phi) is 11.4. The van der Waals surface area contributed by atoms with Crippen LogP contribution in [0.15, 0.2) is 24.3 Å². The second-order valence-corrected chi connectivity index (χ2v) is 11.1. The fourth-order valence-electron chi connectivity index (χ4n) is 4.29. The van der Waals surface area contributed by atoms with Crippen LogP contribution in [0, 0.1) is 9.49 Å². The number of carbonyl (C=O) groups excluding carboxylic acids is 2. The highest BCUT2D eigenvalue weighted by Crippen LogP contribution is 2.29. The van der Waals surface area contributed by atoms with Gasteiger partial charge in [-0.2, -0.15) is 0 Å². The van der Waals surface area contributed by atoms with E-state index in [1.165, 1.54) is 16.4 Å². The molecule has 0 unspecified atom stereocenters. The zero-order chi connectivity index (χ0) is 24.4. The normalized spacial score (nSPS) is 18.8. The Morgan fingerprint density at radius 3 is 2.30 bits per heavy atom. The van der Waals surface area contributed by atoms with E-state index in [0.717, 1.165) is 32.2 Å². The summed E-state index contributed by atoms with van der Waals surface area (Å²) in [7, 11) is 3.59. The van der Waals surface area contributed by atoms with E-state index in [-0.39, 0.29) is 25.0 Å². The van der Waals surface area contributed by atoms with E-state index >= 15 is 0 Å². The van der Waals surface area contributed by atoms with Crippen LogP contribution in [0.1, 0.15) is 46.5 Å². The van der Waals surface area contributed by atoms with Gasteiger partial charge in [0.25, 0.3) is 0 Å². The van der Waals surface area contributed by atoms with Crippen LogP contribution in [0.2, 0.25) is 0 Å². The molecule has 0 aliphatic heterocycles. The first kappa shape index (κ1) is 27.9. The van der Waals surface area contributed by atoms with Gasteiger partial charge < -0.3 is 19.7 Å². The first-order valence-corrected chi connectivity index (χ1v) is 12.9. The number of carbonyl (C=O) groups is 2. The van der Waals surface area contributed by atoms with Crippen LogP contribution in [0.5, 0.6) is 0 Å². The molecule has 0 bridgehead atoms. The maximum atomic E-state index is 12.0. The minimum Gasteiger partial charge on any atom is -0.468 e. The van der Waals surface area contributed by atoms with E-state index in [2.05, 4.69) is 69.0 Å². The SMILES string of the molecule is COC(=O)CN(CCNCC(=O)OC(C)(C)C)C1CCC(CN(C)c2ccc(I)cc2)CC1. The molecule has 2 rings (SSSR count). The van der Waals surface area contributed by atoms with Crippen molar-refractivity contribution >= 4 is 40.2 Å². The van der Waals surface area contributed by atoms with Crippen molar-refractivity contribution in [3.63, 3.8) is 0 Å². The molecule has 0 atom stereocenters. The molecule has 1 aliphatic rings. The lowest BCUT2D eigenvalue weighted by Gasteiger charge is -2.37. The highest BCUT2D eigenvalue weighted by Gasteiger charge is 2.28. The number of hydrogen-bond acceptors (Lipinski definition) is 7. The minimum absolute atomic E-state index is 0.168. The van der Waals surface area contributed by atoms with E-state index in [0.29, 0.717) is 25.0 Å². The lowest BCUT2D eigenvalue weighted by molar-refractivity contribution is -0.153. The Balaban J connectivity index is 1.80. The van der Waals surface area contributed by atoms with E-state index in [4.69, 9.17) is 9.47 Å². The van der Waals surface area contributed by atoms with Crippen LogP contribution in [0.3, 0.4) is 0 Å². The van der Waals surface area contributed by atoms with Crippen LogP contribution in [-0.4, -0.2) is 75.4 Å². The number of benzene rings is 1. The zero-order valence-electron chi connectivity index (χ0n) is 20.7. The number of hydrogen-bond donors (Lipinski definition) is 1. The number of anilines is 1. The highest BCUT2D eigenvalue weighted by atomic mass is 127. The second kappa shape index (κ2) is 13.5. The van der Waals surface area contributed by atoms with Crippen molar-refractivity contribution in [2.75, 3.05) is 51.8 Å². The van der Waals surface area contributed by atoms with Crippen LogP contribution in [0.25, 0.3) is 0 Å². The Labute approximate surface area is 212 Å². The maximum absolute atomic E-state index is 12.0. The Morgan fingerprint density at radius 1 is 1.09 bits per heavy atom. The lowest BCUT2D eigenvalue weighted by Crippen LogP contribution is -2.46. The fourth-order valence-corrected chi connectivity index (χ4v) is 4.65. The molecular weight excluding hydrogens is 533 g/mol. The van der Waals surface area contributed by atoms with Gasteiger partial charge in [-0.15, -0.1) is 0 Å². The number of nitrogens with zero attached hydrogens (tertiary/aromatic N) is 2. The maximum Gasteiger partial charge on any atom is 0.320 e. The van der Waals surface area contributed by atoms with Crippen molar-refractivity contribution in [3.8, 4) is 0 Å². The van der Waals surface area contributed by atoms with E-state index < -0.39 is 5.60 Å². The summed E-state index contributed by atoms with van der Waals surface area (Å²) < 4.78 is 11.5. The largest absolute Gasteiger partial charge is 0.468 e. The van der Waals surface area contributed by atoms with Gasteiger partial charge in [0.15, 0.2) is 0 Å². The summed E-state index contributed by atoms with van der Waals surface area (Å²) in [4.78, 5) is 28.4. The summed E-state index contributed by atoms with van der Waals surface area (Å²) in [6.45, 7) is 8.37. The molecular formula is C25H40IN3O4. The standard InChI is InChI=1S/C25H40IN3O4/c1-25(2,3)33-23(30)16-27-14-15-29(18-24(31)32-5)22-10-6-19(7-11-22)17-28(4)21-12-8-20(26)9-13-21/h8-9,12-13,19,22,27H,6-7,10-11,14-18H2,1-5H3. The summed E-state index contributed by atoms with van der Waals surface area (Å²) in [6.07, 6.45) is 4.41. The van der Waals surface area contributed by atoms with Gasteiger partial charge in [0.05, 0.1) is 20.2 Å². The van der Waals surface area contributed by atoms with Crippen LogP contribution >= 0.6 is 22.6 Å². The second-order valence-electron chi connectivity index (χ2n) is 9.84. The molecule has 1 aromatic carbocycles. The van der Waals surface area contributed by atoms with Crippen LogP contribution in [-0.2, 0) is 19.1 Å². The molecule has 0 heterocycles. The number of nitrogens with one attached hydrogen (secondary N) is 1. The number of ether oxygens (including phenoxy) is 2. The number of halogens is 1. The van der Waals surface area contributed by atoms with Gasteiger partial charge in [0.2, 0.25) is 0 Å². The summed E-state index contributed by atoms with van der Waals surface area (Å²) in [5, 5.41) is 3.15. The third-order valence-electron chi connectivity index (χ3n) is 5.96. The summed E-state index contributed by atoms with van der Waals surface area (Å²) >= 11 is 2.33. The summed E-state index contributed by atoms with van der Waals surface area (Å²) in [5.74, 6) is 0.165. The van der Waals surface area contributed by atoms with Crippen LogP contribution < -0.4 is 10.2 Å². The van der Waals surface area contributed by atoms with Gasteiger partial charge >= 0.3 is 11.9 Å². The monoisotopic (exact) mass is 573 g/mol. The molecule has 33 heavy (non-hydrogen) atoms. The molecule has 0 amide bonds. The van der Waals surface area contributed by atoms with Gasteiger partial charge in [-0.05, 0) is 99.2 Å². The molecule has 7 nitrogen and oxygen atoms in total. The highest BCUT2D eigenvalue weighted by molar-refractivity contribution is 14.1. The van der Waals surface area contributed by atoms with Crippen molar-refractivity contribution in [1.29, 1.82) is 0 Å². The molecule has 8 heteroatoms. The lowest BCUT2D eigenvalue weighted by atomic mass is 9.85. The fraction of sp³-hybridized carbons (Fsp3) is 0.680. The van der Waals surface area contributed by atoms with Gasteiger partial charge in [0.1, 0.15) is 5.60 Å². The predicted molar refractivity (Wildman–Crippen MR) is 140 cm³/mol. The predicted octanol–water partition coefficient (Wildman–Crippen LogP) is 3.69. The average molecular weight is 574 g/mol. The first-order chi connectivity index (χ1) is 15.6. The Hall–Kier alpha value is -1.39. The average Bonchev–Trinajstić information content (AvgIpc) is 2.75. The van der Waals surface area contributed by atoms with Crippen molar-refractivity contribution in [3.05, 3.63) is 27.8 Å². The molecule has 186 valence electrons. The van der Waals surface area contributed by atoms with Gasteiger partial charge in [-0.1, -0.05) is 0 Å². The summed E-state index contributed by atoms with van der Waals surface area (Å²) in [5.41, 5.74) is 0.766. The topological polar surface area (TPSA) is 71.1 Å². The number of methoxy groups -OCH3 is 1. The van der Waals surface area contributed by atoms with Crippen molar-refractivity contribution < 1.29 is 19.1 Å². The minimum atomic E-state index is -0.485. The molecule has 1 aromatic rings. The first-order valence-electron chi connectivity index (χ1n) is 11.8. The van der Waals surface area contributed by atoms with Crippen molar-refractivity contribution in [2.24, 2.45) is 5.92 Å². The van der Waals surface area contributed by atoms with Gasteiger partial charge in [0, 0.05) is 42.0 Å². The molecule has 1 saturated carbocycles. The molecule has 1 N–H and O–H groups in total. The molecule has 0 aromatic heterocycles. The van der Waals surface area contributed by atoms with Gasteiger partial charge in [-0.25, -0.2) is 0 Å². The third kappa shape index (κ3) is 10.6. The number of rotatable bonds is 11. The van der Waals surface area contributed by atoms with E-state index in [1.807, 2.05) is 20.8 Å². The molecule has 1 aliphatic carbocycles. The quantitative estimate of drug-likeness (QED) is 0.246. The van der Waals surface area contributed by atoms with E-state index in [9.17, 15) is 9.59 Å². The molecule has 0 radical (unpaired) electrons. The van der Waals surface area contributed by atoms with Gasteiger partial charge in [-0.3, -0.25) is 14.5 Å². The van der Waals surface area contributed by atoms with Crippen LogP contribution in [0.4, 0.5) is 5.69 Å². The third-order valence-corrected chi connectivity index (χ3v) is 6.68.